The smallest absolute Gasteiger partial charge is 0.341 e. The minimum atomic E-state index is -1.07. The van der Waals surface area contributed by atoms with E-state index >= 15 is 0 Å². The Hall–Kier alpha value is -5.53. The van der Waals surface area contributed by atoms with Crippen LogP contribution in [-0.2, 0) is 27.2 Å². The fourth-order valence-electron chi connectivity index (χ4n) is 10.3. The van der Waals surface area contributed by atoms with Gasteiger partial charge >= 0.3 is 5.97 Å². The minimum Gasteiger partial charge on any atom is -0.507 e. The van der Waals surface area contributed by atoms with E-state index in [-0.39, 0.29) is 46.0 Å². The number of anilines is 2. The number of nitrogens with two attached hydrogens (primary N) is 2. The van der Waals surface area contributed by atoms with Gasteiger partial charge in [-0.2, -0.15) is 0 Å². The van der Waals surface area contributed by atoms with Gasteiger partial charge in [0.2, 0.25) is 0 Å². The number of nitrogens with one attached hydrogen (secondary N) is 1. The summed E-state index contributed by atoms with van der Waals surface area (Å²) in [5.74, 6) is 0.857. The molecule has 0 radical (unpaired) electrons. The molecule has 1 saturated carbocycles. The molecule has 13 heteroatoms. The van der Waals surface area contributed by atoms with Gasteiger partial charge in [-0.1, -0.05) is 0 Å². The van der Waals surface area contributed by atoms with E-state index in [1.54, 1.807) is 13.0 Å². The van der Waals surface area contributed by atoms with Crippen LogP contribution in [0.1, 0.15) is 74.5 Å². The van der Waals surface area contributed by atoms with Crippen molar-refractivity contribution in [2.45, 2.75) is 95.2 Å². The van der Waals surface area contributed by atoms with Crippen molar-refractivity contribution in [3.8, 4) is 22.8 Å². The number of allylic oxidation sites excluding steroid dienone is 1. The van der Waals surface area contributed by atoms with Crippen LogP contribution in [0.4, 0.5) is 11.6 Å². The fraction of sp³-hybridized carbons (Fsp3) is 0.419. The second-order valence-corrected chi connectivity index (χ2v) is 16.9. The molecular weight excluding hydrogens is 713 g/mol. The second-order valence-electron chi connectivity index (χ2n) is 16.9. The summed E-state index contributed by atoms with van der Waals surface area (Å²) in [6.45, 7) is 7.02. The molecule has 0 amide bonds. The number of aliphatic imine (C=N–C) groups is 1. The largest absolute Gasteiger partial charge is 0.507 e. The second kappa shape index (κ2) is 12.5. The van der Waals surface area contributed by atoms with Gasteiger partial charge in [0.05, 0.1) is 17.5 Å². The van der Waals surface area contributed by atoms with Crippen LogP contribution in [0.15, 0.2) is 74.1 Å². The van der Waals surface area contributed by atoms with Crippen LogP contribution in [0.5, 0.6) is 11.5 Å². The van der Waals surface area contributed by atoms with Crippen molar-refractivity contribution in [2.24, 2.45) is 16.8 Å². The lowest BCUT2D eigenvalue weighted by atomic mass is 9.66. The Morgan fingerprint density at radius 3 is 2.61 bits per heavy atom. The third-order valence-electron chi connectivity index (χ3n) is 12.8. The summed E-state index contributed by atoms with van der Waals surface area (Å²) in [7, 11) is 0. The number of hydrogen-bond acceptors (Lipinski definition) is 12. The van der Waals surface area contributed by atoms with Gasteiger partial charge in [-0.05, 0) is 101 Å². The molecule has 3 aromatic heterocycles. The van der Waals surface area contributed by atoms with Gasteiger partial charge < -0.3 is 35.2 Å². The number of nitrogens with zero attached hydrogens (tertiary/aromatic N) is 3. The van der Waals surface area contributed by atoms with E-state index in [9.17, 15) is 14.7 Å². The highest BCUT2D eigenvalue weighted by atomic mass is 16.7. The van der Waals surface area contributed by atoms with E-state index in [0.29, 0.717) is 53.8 Å². The lowest BCUT2D eigenvalue weighted by Crippen LogP contribution is -3.04. The number of aromatic hydroxyl groups is 1. The third kappa shape index (κ3) is 5.62. The standard InChI is InChI=1S/C43H44N6O7/c1-21-12-30(50)37-31(53-21)17-32-38(39(37)51)36-23-5-7-26(8-6-23)43(41(52)54-40(36)42(2,3)55-32)33(56-43)9-4-22-13-28(48-34(44)14-22)25-15-27(47-35(45)16-25)19-49-18-24-10-11-46-29(24)20-49/h10-17,20,23,26,33,36,40,51H,4-9,18-19H2,1-3H3,(H2,44,48)(H2,45,47)/p+1/t23?,26?,33-,36+,40-,43-/m1/s1. The summed E-state index contributed by atoms with van der Waals surface area (Å²) < 4.78 is 25.4. The number of phenols is 1. The molecule has 2 bridgehead atoms. The highest BCUT2D eigenvalue weighted by Gasteiger charge is 2.69. The maximum absolute atomic E-state index is 14.5. The first-order chi connectivity index (χ1) is 26.9. The zero-order valence-corrected chi connectivity index (χ0v) is 31.6. The zero-order valence-electron chi connectivity index (χ0n) is 31.6. The van der Waals surface area contributed by atoms with E-state index in [2.05, 4.69) is 21.2 Å². The molecule has 6 N–H and O–H groups in total. The first-order valence-corrected chi connectivity index (χ1v) is 19.6. The SMILES string of the molecule is Cc1cc(=O)c2c(O)c3c(cc2o1)OC(C)(C)[C@@H]1OC(=O)[C@@]2(O[C@@H]2CCc2cc(N)nc(-c4cc(N)nc(C[NH+]5C=C6N=CC=C6C5)c4)c2)C2CCC(CC2)[C@@H]31. The summed E-state index contributed by atoms with van der Waals surface area (Å²) in [4.78, 5) is 42.5. The van der Waals surface area contributed by atoms with Crippen molar-refractivity contribution in [1.82, 2.24) is 9.97 Å². The molecule has 4 aromatic rings. The Bertz CT molecular complexity index is 2500. The number of epoxide rings is 1. The molecule has 9 heterocycles. The number of fused-ring (bicyclic) bond motifs is 6. The molecule has 11 rings (SSSR count). The fourth-order valence-corrected chi connectivity index (χ4v) is 10.3. The van der Waals surface area contributed by atoms with Crippen LogP contribution in [0.25, 0.3) is 22.2 Å². The summed E-state index contributed by atoms with van der Waals surface area (Å²) in [6.07, 6.45) is 9.35. The molecule has 56 heavy (non-hydrogen) atoms. The average Bonchev–Trinajstić information content (AvgIpc) is 3.48. The number of carbonyl (C=O) groups excluding carboxylic acids is 1. The van der Waals surface area contributed by atoms with E-state index in [4.69, 9.17) is 30.1 Å². The summed E-state index contributed by atoms with van der Waals surface area (Å²) in [6, 6.07) is 10.8. The summed E-state index contributed by atoms with van der Waals surface area (Å²) >= 11 is 0. The third-order valence-corrected chi connectivity index (χ3v) is 12.8. The molecule has 13 nitrogen and oxygen atoms in total. The number of carbonyl (C=O) groups is 1. The quantitative estimate of drug-likeness (QED) is 0.161. The van der Waals surface area contributed by atoms with Crippen LogP contribution in [0.3, 0.4) is 0 Å². The molecule has 1 aromatic carbocycles. The molecule has 288 valence electrons. The number of pyridine rings is 2. The normalized spacial score (nSPS) is 29.4. The Balaban J connectivity index is 0.899. The van der Waals surface area contributed by atoms with Crippen molar-refractivity contribution in [3.63, 3.8) is 0 Å². The maximum Gasteiger partial charge on any atom is 0.341 e. The Labute approximate surface area is 323 Å². The van der Waals surface area contributed by atoms with Crippen LogP contribution in [0.2, 0.25) is 0 Å². The summed E-state index contributed by atoms with van der Waals surface area (Å²) in [5.41, 5.74) is 16.7. The topological polar surface area (TPSA) is 193 Å². The molecule has 6 aliphatic heterocycles. The van der Waals surface area contributed by atoms with Crippen LogP contribution in [-0.4, -0.2) is 57.2 Å². The van der Waals surface area contributed by atoms with Crippen molar-refractivity contribution < 1.29 is 33.4 Å². The van der Waals surface area contributed by atoms with Gasteiger partial charge in [-0.25, -0.2) is 14.8 Å². The molecule has 1 aliphatic carbocycles. The van der Waals surface area contributed by atoms with Crippen LogP contribution >= 0.6 is 0 Å². The Kier molecular flexibility index (Phi) is 7.79. The number of aromatic nitrogens is 2. The van der Waals surface area contributed by atoms with E-state index < -0.39 is 23.3 Å². The van der Waals surface area contributed by atoms with E-state index in [0.717, 1.165) is 54.7 Å². The number of aryl methyl sites for hydroxylation is 2. The molecule has 3 saturated heterocycles. The van der Waals surface area contributed by atoms with Crippen LogP contribution in [0, 0.1) is 18.8 Å². The number of ether oxygens (including phenoxy) is 3. The average molecular weight is 758 g/mol. The van der Waals surface area contributed by atoms with Gasteiger partial charge in [0.15, 0.2) is 11.0 Å². The number of rotatable bonds is 6. The lowest BCUT2D eigenvalue weighted by Gasteiger charge is -2.47. The minimum absolute atomic E-state index is 0.00698. The predicted octanol–water partition coefficient (Wildman–Crippen LogP) is 4.44. The first kappa shape index (κ1) is 34.9. The molecule has 5 atom stereocenters. The molecule has 7 aliphatic rings. The van der Waals surface area contributed by atoms with Gasteiger partial charge in [0.25, 0.3) is 0 Å². The van der Waals surface area contributed by atoms with E-state index in [1.807, 2.05) is 50.4 Å². The number of nitrogen functional groups attached to an aromatic ring is 2. The van der Waals surface area contributed by atoms with Crippen molar-refractivity contribution in [3.05, 3.63) is 92.7 Å². The molecule has 1 spiro atoms. The van der Waals surface area contributed by atoms with Gasteiger partial charge in [-0.15, -0.1) is 0 Å². The Morgan fingerprint density at radius 2 is 1.80 bits per heavy atom. The Morgan fingerprint density at radius 1 is 1.00 bits per heavy atom. The highest BCUT2D eigenvalue weighted by Crippen LogP contribution is 2.60. The van der Waals surface area contributed by atoms with Gasteiger partial charge in [0, 0.05) is 46.9 Å². The molecular formula is C43H45N6O7+. The van der Waals surface area contributed by atoms with Crippen molar-refractivity contribution in [1.29, 1.82) is 0 Å². The summed E-state index contributed by atoms with van der Waals surface area (Å²) in [5, 5.41) is 11.8. The number of esters is 1. The van der Waals surface area contributed by atoms with Crippen molar-refractivity contribution >= 4 is 34.8 Å². The van der Waals surface area contributed by atoms with Gasteiger partial charge in [-0.3, -0.25) is 14.7 Å². The first-order valence-electron chi connectivity index (χ1n) is 19.6. The highest BCUT2D eigenvalue weighted by molar-refractivity contribution is 5.88. The number of benzene rings is 1. The lowest BCUT2D eigenvalue weighted by molar-refractivity contribution is -0.852. The van der Waals surface area contributed by atoms with E-state index in [1.165, 1.54) is 16.5 Å². The van der Waals surface area contributed by atoms with Crippen LogP contribution < -0.4 is 26.5 Å². The predicted molar refractivity (Wildman–Crippen MR) is 208 cm³/mol. The zero-order chi connectivity index (χ0) is 38.7. The molecule has 4 fully saturated rings. The molecule has 1 unspecified atom stereocenters. The number of hydrogen-bond donors (Lipinski definition) is 4. The van der Waals surface area contributed by atoms with Crippen molar-refractivity contribution in [2.75, 3.05) is 18.0 Å². The number of quaternary nitrogens is 1. The van der Waals surface area contributed by atoms with Gasteiger partial charge in [0.1, 0.15) is 76.6 Å². The monoisotopic (exact) mass is 757 g/mol. The number of phenolic OH excluding ortho intramolecular Hbond substituents is 1. The maximum atomic E-state index is 14.5.